The zero-order chi connectivity index (χ0) is 20.8. The number of benzene rings is 1. The van der Waals surface area contributed by atoms with Crippen LogP contribution in [0.3, 0.4) is 0 Å². The molecular formula is C25H47ClN2O. The number of hydrogen-bond donors (Lipinski definition) is 1. The molecule has 0 fully saturated rings. The molecule has 0 unspecified atom stereocenters. The molecule has 0 spiro atoms. The zero-order valence-electron chi connectivity index (χ0n) is 19.8. The van der Waals surface area contributed by atoms with E-state index in [1.165, 1.54) is 50.5 Å². The van der Waals surface area contributed by atoms with E-state index in [4.69, 9.17) is 0 Å². The Hall–Kier alpha value is -0.770. The lowest BCUT2D eigenvalue weighted by Gasteiger charge is -2.23. The number of unbranched alkanes of at least 4 members (excludes halogenated alkanes) is 6. The normalized spacial score (nSPS) is 11.3. The maximum Gasteiger partial charge on any atom is 0.124 e. The van der Waals surface area contributed by atoms with Crippen LogP contribution in [0, 0.1) is 0 Å². The summed E-state index contributed by atoms with van der Waals surface area (Å²) in [6.45, 7) is 16.8. The van der Waals surface area contributed by atoms with E-state index in [2.05, 4.69) is 56.6 Å². The van der Waals surface area contributed by atoms with Crippen molar-refractivity contribution in [3.8, 4) is 5.75 Å². The molecule has 0 atom stereocenters. The molecule has 0 aliphatic rings. The summed E-state index contributed by atoms with van der Waals surface area (Å²) in [5.74, 6) is 0.516. The quantitative estimate of drug-likeness (QED) is 0.295. The van der Waals surface area contributed by atoms with Gasteiger partial charge >= 0.3 is 0 Å². The second kappa shape index (κ2) is 17.0. The van der Waals surface area contributed by atoms with Crippen molar-refractivity contribution in [1.29, 1.82) is 0 Å². The lowest BCUT2D eigenvalue weighted by molar-refractivity contribution is 0.281. The number of hydrogen-bond acceptors (Lipinski definition) is 3. The van der Waals surface area contributed by atoms with Gasteiger partial charge in [-0.25, -0.2) is 0 Å². The van der Waals surface area contributed by atoms with Crippen LogP contribution in [-0.4, -0.2) is 41.1 Å². The predicted octanol–water partition coefficient (Wildman–Crippen LogP) is 6.79. The standard InChI is InChI=1S/C25H46N2O.ClH/c1-6-11-12-13-14-15-16-17-22-18-23(20-26(7-2)8-3)25(28)24(19-22)21-27(9-4)10-5;/h18-19,28H,6-17,20-21H2,1-5H3;1H. The van der Waals surface area contributed by atoms with Gasteiger partial charge in [-0.3, -0.25) is 9.80 Å². The van der Waals surface area contributed by atoms with Crippen LogP contribution < -0.4 is 0 Å². The Balaban J connectivity index is 0.00000784. The van der Waals surface area contributed by atoms with E-state index in [0.29, 0.717) is 5.75 Å². The van der Waals surface area contributed by atoms with Crippen LogP contribution in [0.4, 0.5) is 0 Å². The molecule has 170 valence electrons. The van der Waals surface area contributed by atoms with Gasteiger partial charge in [0, 0.05) is 24.2 Å². The summed E-state index contributed by atoms with van der Waals surface area (Å²) in [6, 6.07) is 4.52. The van der Waals surface area contributed by atoms with Crippen molar-refractivity contribution in [2.45, 2.75) is 99.1 Å². The average molecular weight is 427 g/mol. The molecule has 0 saturated carbocycles. The maximum absolute atomic E-state index is 10.9. The molecule has 0 heterocycles. The summed E-state index contributed by atoms with van der Waals surface area (Å²) in [5, 5.41) is 10.9. The minimum Gasteiger partial charge on any atom is -0.507 e. The van der Waals surface area contributed by atoms with Gasteiger partial charge in [0.15, 0.2) is 0 Å². The number of phenols is 1. The molecule has 0 aliphatic heterocycles. The third kappa shape index (κ3) is 10.7. The number of phenolic OH excluding ortho intramolecular Hbond substituents is 1. The summed E-state index contributed by atoms with van der Waals surface area (Å²) in [5.41, 5.74) is 3.60. The summed E-state index contributed by atoms with van der Waals surface area (Å²) in [6.07, 6.45) is 10.5. The van der Waals surface area contributed by atoms with Crippen molar-refractivity contribution in [2.24, 2.45) is 0 Å². The zero-order valence-corrected chi connectivity index (χ0v) is 20.6. The number of aromatic hydroxyl groups is 1. The second-order valence-electron chi connectivity index (χ2n) is 8.06. The van der Waals surface area contributed by atoms with Crippen LogP contribution in [0.2, 0.25) is 0 Å². The van der Waals surface area contributed by atoms with E-state index in [0.717, 1.165) is 56.8 Å². The minimum absolute atomic E-state index is 0. The van der Waals surface area contributed by atoms with Crippen molar-refractivity contribution in [3.63, 3.8) is 0 Å². The largest absolute Gasteiger partial charge is 0.507 e. The van der Waals surface area contributed by atoms with E-state index in [9.17, 15) is 5.11 Å². The van der Waals surface area contributed by atoms with Gasteiger partial charge in [0.05, 0.1) is 0 Å². The minimum atomic E-state index is 0. The molecule has 0 radical (unpaired) electrons. The molecule has 0 saturated heterocycles. The van der Waals surface area contributed by atoms with Crippen molar-refractivity contribution >= 4 is 12.4 Å². The molecule has 1 aromatic rings. The number of aryl methyl sites for hydroxylation is 1. The molecule has 4 heteroatoms. The van der Waals surface area contributed by atoms with Gasteiger partial charge in [-0.1, -0.05) is 85.3 Å². The molecule has 0 bridgehead atoms. The Morgan fingerprint density at radius 3 is 1.48 bits per heavy atom. The fourth-order valence-corrected chi connectivity index (χ4v) is 3.88. The monoisotopic (exact) mass is 426 g/mol. The predicted molar refractivity (Wildman–Crippen MR) is 130 cm³/mol. The van der Waals surface area contributed by atoms with Crippen molar-refractivity contribution in [1.82, 2.24) is 9.80 Å². The molecule has 0 aliphatic carbocycles. The first kappa shape index (κ1) is 28.2. The van der Waals surface area contributed by atoms with Crippen LogP contribution >= 0.6 is 12.4 Å². The lowest BCUT2D eigenvalue weighted by Crippen LogP contribution is -2.24. The Kier molecular flexibility index (Phi) is 16.5. The molecule has 3 nitrogen and oxygen atoms in total. The van der Waals surface area contributed by atoms with E-state index >= 15 is 0 Å². The molecule has 1 N–H and O–H groups in total. The molecule has 1 rings (SSSR count). The van der Waals surface area contributed by atoms with E-state index in [1.807, 2.05) is 0 Å². The molecule has 0 aromatic heterocycles. The van der Waals surface area contributed by atoms with E-state index in [1.54, 1.807) is 0 Å². The Morgan fingerprint density at radius 1 is 0.655 bits per heavy atom. The fourth-order valence-electron chi connectivity index (χ4n) is 3.88. The van der Waals surface area contributed by atoms with Gasteiger partial charge in [0.2, 0.25) is 0 Å². The van der Waals surface area contributed by atoms with Crippen LogP contribution in [0.1, 0.15) is 96.3 Å². The van der Waals surface area contributed by atoms with Crippen LogP contribution in [-0.2, 0) is 19.5 Å². The lowest BCUT2D eigenvalue weighted by atomic mass is 9.98. The third-order valence-corrected chi connectivity index (χ3v) is 5.97. The number of halogens is 1. The van der Waals surface area contributed by atoms with Crippen LogP contribution in [0.25, 0.3) is 0 Å². The first-order valence-electron chi connectivity index (χ1n) is 11.9. The fraction of sp³-hybridized carbons (Fsp3) is 0.760. The van der Waals surface area contributed by atoms with Gasteiger partial charge < -0.3 is 5.11 Å². The van der Waals surface area contributed by atoms with Gasteiger partial charge in [-0.05, 0) is 44.6 Å². The molecule has 0 amide bonds. The van der Waals surface area contributed by atoms with Crippen molar-refractivity contribution in [3.05, 3.63) is 28.8 Å². The van der Waals surface area contributed by atoms with Crippen molar-refractivity contribution in [2.75, 3.05) is 26.2 Å². The summed E-state index contributed by atoms with van der Waals surface area (Å²) >= 11 is 0. The van der Waals surface area contributed by atoms with Crippen molar-refractivity contribution < 1.29 is 5.11 Å². The van der Waals surface area contributed by atoms with Gasteiger partial charge in [-0.15, -0.1) is 12.4 Å². The van der Waals surface area contributed by atoms with Crippen LogP contribution in [0.5, 0.6) is 5.75 Å². The Labute approximate surface area is 187 Å². The SMILES string of the molecule is CCCCCCCCCc1cc(CN(CC)CC)c(O)c(CN(CC)CC)c1.Cl. The first-order valence-corrected chi connectivity index (χ1v) is 11.9. The summed E-state index contributed by atoms with van der Waals surface area (Å²) < 4.78 is 0. The van der Waals surface area contributed by atoms with Gasteiger partial charge in [0.1, 0.15) is 5.75 Å². The Morgan fingerprint density at radius 2 is 1.07 bits per heavy atom. The summed E-state index contributed by atoms with van der Waals surface area (Å²) in [4.78, 5) is 4.77. The highest BCUT2D eigenvalue weighted by atomic mass is 35.5. The highest BCUT2D eigenvalue weighted by Crippen LogP contribution is 2.28. The second-order valence-corrected chi connectivity index (χ2v) is 8.06. The number of rotatable bonds is 16. The van der Waals surface area contributed by atoms with Gasteiger partial charge in [-0.2, -0.15) is 0 Å². The maximum atomic E-state index is 10.9. The van der Waals surface area contributed by atoms with Crippen LogP contribution in [0.15, 0.2) is 12.1 Å². The number of nitrogens with zero attached hydrogens (tertiary/aromatic N) is 2. The molecule has 1 aromatic carbocycles. The van der Waals surface area contributed by atoms with E-state index in [-0.39, 0.29) is 12.4 Å². The highest BCUT2D eigenvalue weighted by molar-refractivity contribution is 5.85. The third-order valence-electron chi connectivity index (χ3n) is 5.97. The smallest absolute Gasteiger partial charge is 0.124 e. The van der Waals surface area contributed by atoms with Gasteiger partial charge in [0.25, 0.3) is 0 Å². The molecule has 29 heavy (non-hydrogen) atoms. The first-order chi connectivity index (χ1) is 13.6. The average Bonchev–Trinajstić information content (AvgIpc) is 2.71. The van der Waals surface area contributed by atoms with E-state index < -0.39 is 0 Å². The Bertz CT molecular complexity index is 493. The molecular weight excluding hydrogens is 380 g/mol. The summed E-state index contributed by atoms with van der Waals surface area (Å²) in [7, 11) is 0. The highest BCUT2D eigenvalue weighted by Gasteiger charge is 2.14. The topological polar surface area (TPSA) is 26.7 Å².